The molecule has 0 aromatic rings. The molecule has 0 heterocycles. The third-order valence-electron chi connectivity index (χ3n) is 8.40. The van der Waals surface area contributed by atoms with E-state index in [4.69, 9.17) is 4.74 Å². The number of thioether (sulfide) groups is 1. The number of aliphatic hydroxyl groups is 2. The van der Waals surface area contributed by atoms with Crippen molar-refractivity contribution in [3.63, 3.8) is 0 Å². The summed E-state index contributed by atoms with van der Waals surface area (Å²) >= 11 is 1.94. The molecule has 0 aromatic heterocycles. The van der Waals surface area contributed by atoms with Crippen molar-refractivity contribution < 1.29 is 14.9 Å². The van der Waals surface area contributed by atoms with Gasteiger partial charge >= 0.3 is 0 Å². The molecule has 1 radical (unpaired) electrons. The van der Waals surface area contributed by atoms with Crippen molar-refractivity contribution >= 4 is 11.8 Å². The van der Waals surface area contributed by atoms with Crippen LogP contribution in [0.15, 0.2) is 12.2 Å². The Morgan fingerprint density at radius 1 is 0.571 bits per heavy atom. The van der Waals surface area contributed by atoms with Crippen molar-refractivity contribution in [2.45, 2.75) is 206 Å². The van der Waals surface area contributed by atoms with Gasteiger partial charge in [0.2, 0.25) is 0 Å². The molecule has 0 saturated heterocycles. The molecule has 0 bridgehead atoms. The summed E-state index contributed by atoms with van der Waals surface area (Å²) in [5.41, 5.74) is 0. The van der Waals surface area contributed by atoms with Crippen molar-refractivity contribution in [2.24, 2.45) is 0 Å². The fourth-order valence-electron chi connectivity index (χ4n) is 5.47. The van der Waals surface area contributed by atoms with E-state index in [0.717, 1.165) is 24.5 Å². The van der Waals surface area contributed by atoms with Crippen LogP contribution in [-0.2, 0) is 4.74 Å². The Morgan fingerprint density at radius 3 is 1.45 bits per heavy atom. The first-order chi connectivity index (χ1) is 20.6. The summed E-state index contributed by atoms with van der Waals surface area (Å²) in [6.45, 7) is 8.90. The van der Waals surface area contributed by atoms with Crippen LogP contribution < -0.4 is 0 Å². The summed E-state index contributed by atoms with van der Waals surface area (Å²) in [5, 5.41) is 19.8. The summed E-state index contributed by atoms with van der Waals surface area (Å²) in [6.07, 6.45) is 38.5. The highest BCUT2D eigenvalue weighted by molar-refractivity contribution is 7.99. The Hall–Kier alpha value is -0.0300. The van der Waals surface area contributed by atoms with Gasteiger partial charge in [-0.05, 0) is 51.2 Å². The molecule has 0 aliphatic rings. The first-order valence-electron chi connectivity index (χ1n) is 18.6. The van der Waals surface area contributed by atoms with Gasteiger partial charge in [-0.2, -0.15) is 11.8 Å². The Kier molecular flexibility index (Phi) is 35.4. The molecule has 0 amide bonds. The largest absolute Gasteiger partial charge is 0.390 e. The van der Waals surface area contributed by atoms with Crippen molar-refractivity contribution in [2.75, 3.05) is 18.1 Å². The lowest BCUT2D eigenvalue weighted by atomic mass is 10.0. The Morgan fingerprint density at radius 2 is 0.976 bits per heavy atom. The fraction of sp³-hybridized carbons (Fsp3) is 0.921. The maximum atomic E-state index is 10.2. The summed E-state index contributed by atoms with van der Waals surface area (Å²) < 4.78 is 6.17. The fourth-order valence-corrected chi connectivity index (χ4v) is 6.54. The molecule has 0 aliphatic heterocycles. The van der Waals surface area contributed by atoms with Crippen LogP contribution in [0.4, 0.5) is 0 Å². The van der Waals surface area contributed by atoms with E-state index in [1.165, 1.54) is 161 Å². The van der Waals surface area contributed by atoms with Crippen LogP contribution in [0.1, 0.15) is 187 Å². The molecule has 3 nitrogen and oxygen atoms in total. The topological polar surface area (TPSA) is 49.7 Å². The first-order valence-corrected chi connectivity index (χ1v) is 19.8. The summed E-state index contributed by atoms with van der Waals surface area (Å²) in [5.74, 6) is 2.06. The van der Waals surface area contributed by atoms with Gasteiger partial charge in [0.05, 0.1) is 18.3 Å². The minimum atomic E-state index is -0.942. The zero-order valence-corrected chi connectivity index (χ0v) is 29.3. The van der Waals surface area contributed by atoms with E-state index < -0.39 is 12.2 Å². The molecule has 0 spiro atoms. The summed E-state index contributed by atoms with van der Waals surface area (Å²) in [6, 6.07) is 0. The van der Waals surface area contributed by atoms with E-state index in [0.29, 0.717) is 6.42 Å². The third-order valence-corrected chi connectivity index (χ3v) is 9.59. The monoisotopic (exact) mass is 612 g/mol. The number of hydrogen-bond donors (Lipinski definition) is 2. The van der Waals surface area contributed by atoms with Crippen LogP contribution in [0.2, 0.25) is 0 Å². The molecule has 0 fully saturated rings. The average Bonchev–Trinajstić information content (AvgIpc) is 2.98. The molecule has 251 valence electrons. The molecular weight excluding hydrogens is 536 g/mol. The number of ether oxygens (including phenoxy) is 1. The lowest BCUT2D eigenvalue weighted by Crippen LogP contribution is -2.30. The highest BCUT2D eigenvalue weighted by atomic mass is 32.2. The molecule has 0 aromatic carbocycles. The maximum Gasteiger partial charge on any atom is 0.0824 e. The van der Waals surface area contributed by atoms with Gasteiger partial charge in [0.1, 0.15) is 0 Å². The van der Waals surface area contributed by atoms with Crippen molar-refractivity contribution in [3.8, 4) is 0 Å². The van der Waals surface area contributed by atoms with Crippen LogP contribution in [0.3, 0.4) is 0 Å². The van der Waals surface area contributed by atoms with Gasteiger partial charge in [0.25, 0.3) is 0 Å². The smallest absolute Gasteiger partial charge is 0.0824 e. The minimum absolute atomic E-state index is 0.00167. The Bertz CT molecular complexity index is 524. The van der Waals surface area contributed by atoms with E-state index in [9.17, 15) is 10.2 Å². The lowest BCUT2D eigenvalue weighted by Gasteiger charge is -2.22. The van der Waals surface area contributed by atoms with Gasteiger partial charge in [-0.3, -0.25) is 0 Å². The van der Waals surface area contributed by atoms with Crippen LogP contribution in [0, 0.1) is 6.92 Å². The van der Waals surface area contributed by atoms with Gasteiger partial charge < -0.3 is 14.9 Å². The number of allylic oxidation sites excluding steroid dienone is 2. The lowest BCUT2D eigenvalue weighted by molar-refractivity contribution is -0.0132. The minimum Gasteiger partial charge on any atom is -0.390 e. The molecule has 4 heteroatoms. The second-order valence-corrected chi connectivity index (χ2v) is 13.9. The van der Waals surface area contributed by atoms with Crippen LogP contribution in [0.5, 0.6) is 0 Å². The van der Waals surface area contributed by atoms with Crippen LogP contribution in [0.25, 0.3) is 0 Å². The van der Waals surface area contributed by atoms with E-state index >= 15 is 0 Å². The van der Waals surface area contributed by atoms with Gasteiger partial charge in [-0.15, -0.1) is 0 Å². The molecular formula is C38H75O3S. The molecule has 3 atom stereocenters. The van der Waals surface area contributed by atoms with Crippen molar-refractivity contribution in [1.29, 1.82) is 0 Å². The third kappa shape index (κ3) is 32.9. The second-order valence-electron chi connectivity index (χ2n) is 12.8. The molecule has 0 saturated carbocycles. The number of rotatable bonds is 35. The zero-order chi connectivity index (χ0) is 30.8. The normalized spacial score (nSPS) is 14.1. The zero-order valence-electron chi connectivity index (χ0n) is 28.5. The van der Waals surface area contributed by atoms with Gasteiger partial charge in [-0.25, -0.2) is 0 Å². The predicted molar refractivity (Wildman–Crippen MR) is 190 cm³/mol. The molecule has 3 unspecified atom stereocenters. The number of aliphatic hydroxyl groups excluding tert-OH is 2. The van der Waals surface area contributed by atoms with E-state index in [-0.39, 0.29) is 6.10 Å². The second kappa shape index (κ2) is 35.4. The summed E-state index contributed by atoms with van der Waals surface area (Å²) in [4.78, 5) is 0. The maximum absolute atomic E-state index is 10.2. The summed E-state index contributed by atoms with van der Waals surface area (Å²) in [7, 11) is 0. The molecule has 2 N–H and O–H groups in total. The SMILES string of the molecule is [CH2]C(O)C(O)CC(CSCCCCCCCCCCCCCCCC)OCCCCCCCC/C=C/CCCCCC. The van der Waals surface area contributed by atoms with Gasteiger partial charge in [0, 0.05) is 18.8 Å². The van der Waals surface area contributed by atoms with Crippen LogP contribution >= 0.6 is 11.8 Å². The molecule has 0 rings (SSSR count). The molecule has 0 aliphatic carbocycles. The number of unbranched alkanes of at least 4 members (excludes halogenated alkanes) is 23. The standard InChI is InChI=1S/C38H75O3S/c1-4-6-8-10-12-14-16-18-20-22-24-26-28-30-32-41-37(34-38(40)36(3)39)35-42-33-31-29-27-25-23-21-19-17-15-13-11-9-7-5-2/h14,16,36-40H,3-13,15,17-35H2,1-2H3/b16-14+. The van der Waals surface area contributed by atoms with Gasteiger partial charge in [0.15, 0.2) is 0 Å². The Balaban J connectivity index is 3.70. The predicted octanol–water partition coefficient (Wildman–Crippen LogP) is 11.8. The van der Waals surface area contributed by atoms with E-state index in [1.54, 1.807) is 0 Å². The van der Waals surface area contributed by atoms with Crippen LogP contribution in [-0.4, -0.2) is 46.6 Å². The van der Waals surface area contributed by atoms with Gasteiger partial charge in [-0.1, -0.05) is 154 Å². The quantitative estimate of drug-likeness (QED) is 0.0553. The highest BCUT2D eigenvalue weighted by Gasteiger charge is 2.19. The number of hydrogen-bond acceptors (Lipinski definition) is 4. The van der Waals surface area contributed by atoms with E-state index in [1.807, 2.05) is 11.8 Å². The van der Waals surface area contributed by atoms with E-state index in [2.05, 4.69) is 32.9 Å². The van der Waals surface area contributed by atoms with Crippen molar-refractivity contribution in [1.82, 2.24) is 0 Å². The Labute approximate surface area is 268 Å². The van der Waals surface area contributed by atoms with Crippen molar-refractivity contribution in [3.05, 3.63) is 19.1 Å². The highest BCUT2D eigenvalue weighted by Crippen LogP contribution is 2.18. The average molecular weight is 612 g/mol. The molecule has 42 heavy (non-hydrogen) atoms. The first kappa shape index (κ1) is 42.0.